The van der Waals surface area contributed by atoms with E-state index in [4.69, 9.17) is 0 Å². The molecule has 0 aliphatic heterocycles. The number of hydrogen-bond donors (Lipinski definition) is 0. The van der Waals surface area contributed by atoms with Crippen molar-refractivity contribution in [3.05, 3.63) is 35.4 Å². The van der Waals surface area contributed by atoms with E-state index in [2.05, 4.69) is 64.0 Å². The minimum absolute atomic E-state index is 0.218. The lowest BCUT2D eigenvalue weighted by Crippen LogP contribution is -2.41. The summed E-state index contributed by atoms with van der Waals surface area (Å²) in [6.45, 7) is 6.75. The molecule has 0 atom stereocenters. The van der Waals surface area contributed by atoms with Gasteiger partial charge < -0.3 is 0 Å². The summed E-state index contributed by atoms with van der Waals surface area (Å²) in [7, 11) is 4.43. The van der Waals surface area contributed by atoms with Crippen molar-refractivity contribution in [2.75, 3.05) is 14.1 Å². The molecule has 0 aliphatic rings. The van der Waals surface area contributed by atoms with Gasteiger partial charge in [-0.3, -0.25) is 4.90 Å². The smallest absolute Gasteiger partial charge is 0.0454 e. The first-order valence-corrected chi connectivity index (χ1v) is 6.81. The van der Waals surface area contributed by atoms with Crippen molar-refractivity contribution >= 4 is 0 Å². The van der Waals surface area contributed by atoms with Crippen LogP contribution in [0.15, 0.2) is 24.3 Å². The van der Waals surface area contributed by atoms with Gasteiger partial charge in [-0.15, -0.1) is 0 Å². The summed E-state index contributed by atoms with van der Waals surface area (Å²) in [5.41, 5.74) is 3.06. The maximum Gasteiger partial charge on any atom is 0.0454 e. The monoisotopic (exact) mass is 233 g/mol. The van der Waals surface area contributed by atoms with Gasteiger partial charge in [-0.25, -0.2) is 0 Å². The highest BCUT2D eigenvalue weighted by molar-refractivity contribution is 5.29. The molecule has 1 heteroatoms. The van der Waals surface area contributed by atoms with E-state index < -0.39 is 0 Å². The van der Waals surface area contributed by atoms with Crippen LogP contribution in [0.25, 0.3) is 0 Å². The Morgan fingerprint density at radius 2 is 1.65 bits per heavy atom. The van der Waals surface area contributed by atoms with Gasteiger partial charge in [0.1, 0.15) is 0 Å². The van der Waals surface area contributed by atoms with Crippen molar-refractivity contribution in [2.24, 2.45) is 0 Å². The lowest BCUT2D eigenvalue weighted by Gasteiger charge is -2.41. The summed E-state index contributed by atoms with van der Waals surface area (Å²) in [4.78, 5) is 2.41. The molecule has 0 spiro atoms. The van der Waals surface area contributed by atoms with E-state index in [0.717, 1.165) is 0 Å². The quantitative estimate of drug-likeness (QED) is 0.706. The molecule has 0 aromatic heterocycles. The van der Waals surface area contributed by atoms with Crippen LogP contribution >= 0.6 is 0 Å². The largest absolute Gasteiger partial charge is 0.300 e. The van der Waals surface area contributed by atoms with Gasteiger partial charge in [0.15, 0.2) is 0 Å². The van der Waals surface area contributed by atoms with Crippen molar-refractivity contribution in [3.8, 4) is 0 Å². The van der Waals surface area contributed by atoms with Crippen LogP contribution in [0.5, 0.6) is 0 Å². The Balaban J connectivity index is 3.19. The summed E-state index contributed by atoms with van der Waals surface area (Å²) < 4.78 is 0. The zero-order chi connectivity index (χ0) is 12.9. The Kier molecular flexibility index (Phi) is 5.20. The number of nitrogens with zero attached hydrogens (tertiary/aromatic N) is 1. The molecular formula is C16H27N. The van der Waals surface area contributed by atoms with Crippen LogP contribution in [0.3, 0.4) is 0 Å². The van der Waals surface area contributed by atoms with Gasteiger partial charge in [0.2, 0.25) is 0 Å². The SMILES string of the molecule is CCCC(CCC)(c1cccc(C)c1)N(C)C. The van der Waals surface area contributed by atoms with Gasteiger partial charge in [-0.05, 0) is 39.4 Å². The molecule has 0 saturated heterocycles. The third-order valence-electron chi connectivity index (χ3n) is 3.74. The highest BCUT2D eigenvalue weighted by atomic mass is 15.1. The Bertz CT molecular complexity index is 335. The summed E-state index contributed by atoms with van der Waals surface area (Å²) in [5.74, 6) is 0. The van der Waals surface area contributed by atoms with E-state index in [-0.39, 0.29) is 5.54 Å². The first-order chi connectivity index (χ1) is 8.06. The predicted molar refractivity (Wildman–Crippen MR) is 76.4 cm³/mol. The summed E-state index contributed by atoms with van der Waals surface area (Å²) in [6, 6.07) is 9.01. The van der Waals surface area contributed by atoms with Gasteiger partial charge in [-0.2, -0.15) is 0 Å². The fourth-order valence-corrected chi connectivity index (χ4v) is 2.88. The van der Waals surface area contributed by atoms with Gasteiger partial charge in [0, 0.05) is 5.54 Å². The molecule has 0 fully saturated rings. The Morgan fingerprint density at radius 3 is 2.06 bits per heavy atom. The lowest BCUT2D eigenvalue weighted by atomic mass is 9.80. The van der Waals surface area contributed by atoms with Crippen molar-refractivity contribution < 1.29 is 0 Å². The second-order valence-corrected chi connectivity index (χ2v) is 5.30. The fraction of sp³-hybridized carbons (Fsp3) is 0.625. The molecule has 0 unspecified atom stereocenters. The van der Waals surface area contributed by atoms with Gasteiger partial charge >= 0.3 is 0 Å². The molecule has 1 rings (SSSR count). The van der Waals surface area contributed by atoms with E-state index in [1.54, 1.807) is 0 Å². The minimum atomic E-state index is 0.218. The Morgan fingerprint density at radius 1 is 1.06 bits per heavy atom. The molecule has 1 aromatic rings. The van der Waals surface area contributed by atoms with Crippen LogP contribution in [0.1, 0.15) is 50.7 Å². The molecule has 0 bridgehead atoms. The minimum Gasteiger partial charge on any atom is -0.300 e. The standard InChI is InChI=1S/C16H27N/c1-6-11-16(12-7-2,17(4)5)15-10-8-9-14(3)13-15/h8-10,13H,6-7,11-12H2,1-5H3. The van der Waals surface area contributed by atoms with Crippen LogP contribution in [0, 0.1) is 6.92 Å². The zero-order valence-electron chi connectivity index (χ0n) is 12.1. The van der Waals surface area contributed by atoms with E-state index >= 15 is 0 Å². The second kappa shape index (κ2) is 6.20. The molecule has 0 saturated carbocycles. The third-order valence-corrected chi connectivity index (χ3v) is 3.74. The average Bonchev–Trinajstić information content (AvgIpc) is 2.28. The first-order valence-electron chi connectivity index (χ1n) is 6.81. The maximum atomic E-state index is 2.41. The molecular weight excluding hydrogens is 206 g/mol. The summed E-state index contributed by atoms with van der Waals surface area (Å²) >= 11 is 0. The molecule has 1 nitrogen and oxygen atoms in total. The molecule has 0 heterocycles. The highest BCUT2D eigenvalue weighted by Crippen LogP contribution is 2.36. The highest BCUT2D eigenvalue weighted by Gasteiger charge is 2.32. The normalized spacial score (nSPS) is 12.1. The first kappa shape index (κ1) is 14.2. The Labute approximate surface area is 107 Å². The van der Waals surface area contributed by atoms with E-state index in [1.807, 2.05) is 0 Å². The molecule has 17 heavy (non-hydrogen) atoms. The van der Waals surface area contributed by atoms with Gasteiger partial charge in [0.25, 0.3) is 0 Å². The topological polar surface area (TPSA) is 3.24 Å². The van der Waals surface area contributed by atoms with Gasteiger partial charge in [-0.1, -0.05) is 56.5 Å². The van der Waals surface area contributed by atoms with Crippen molar-refractivity contribution in [1.82, 2.24) is 4.90 Å². The van der Waals surface area contributed by atoms with Gasteiger partial charge in [0.05, 0.1) is 0 Å². The summed E-state index contributed by atoms with van der Waals surface area (Å²) in [6.07, 6.45) is 4.92. The average molecular weight is 233 g/mol. The number of aryl methyl sites for hydroxylation is 1. The second-order valence-electron chi connectivity index (χ2n) is 5.30. The summed E-state index contributed by atoms with van der Waals surface area (Å²) in [5, 5.41) is 0. The molecule has 0 N–H and O–H groups in total. The van der Waals surface area contributed by atoms with Crippen LogP contribution in [0.4, 0.5) is 0 Å². The number of benzene rings is 1. The fourth-order valence-electron chi connectivity index (χ4n) is 2.88. The van der Waals surface area contributed by atoms with Crippen molar-refractivity contribution in [3.63, 3.8) is 0 Å². The molecule has 1 aromatic carbocycles. The third kappa shape index (κ3) is 3.10. The van der Waals surface area contributed by atoms with Crippen LogP contribution in [-0.4, -0.2) is 19.0 Å². The molecule has 96 valence electrons. The maximum absolute atomic E-state index is 2.41. The zero-order valence-corrected chi connectivity index (χ0v) is 12.1. The van der Waals surface area contributed by atoms with Crippen LogP contribution in [-0.2, 0) is 5.54 Å². The molecule has 0 aliphatic carbocycles. The van der Waals surface area contributed by atoms with E-state index in [1.165, 1.54) is 36.8 Å². The predicted octanol–water partition coefficient (Wildman–Crippen LogP) is 4.35. The van der Waals surface area contributed by atoms with Crippen LogP contribution in [0.2, 0.25) is 0 Å². The van der Waals surface area contributed by atoms with E-state index in [9.17, 15) is 0 Å². The number of rotatable bonds is 6. The van der Waals surface area contributed by atoms with Crippen molar-refractivity contribution in [2.45, 2.75) is 52.0 Å². The Hall–Kier alpha value is -0.820. The molecule has 0 radical (unpaired) electrons. The van der Waals surface area contributed by atoms with Crippen molar-refractivity contribution in [1.29, 1.82) is 0 Å². The van der Waals surface area contributed by atoms with Crippen LogP contribution < -0.4 is 0 Å². The molecule has 0 amide bonds. The van der Waals surface area contributed by atoms with E-state index in [0.29, 0.717) is 0 Å². The lowest BCUT2D eigenvalue weighted by molar-refractivity contribution is 0.123. The number of hydrogen-bond acceptors (Lipinski definition) is 1.